The Bertz CT molecular complexity index is 403. The highest BCUT2D eigenvalue weighted by Gasteiger charge is 2.16. The van der Waals surface area contributed by atoms with Gasteiger partial charge in [-0.1, -0.05) is 23.7 Å². The summed E-state index contributed by atoms with van der Waals surface area (Å²) in [6, 6.07) is 7.38. The third-order valence-corrected chi connectivity index (χ3v) is 3.44. The topological polar surface area (TPSA) is 38.3 Å². The Hall–Kier alpha value is -1.06. The molecule has 0 bridgehead atoms. The van der Waals surface area contributed by atoms with Crippen molar-refractivity contribution in [2.24, 2.45) is 5.92 Å². The minimum atomic E-state index is -0.123. The summed E-state index contributed by atoms with van der Waals surface area (Å²) in [7, 11) is 0. The van der Waals surface area contributed by atoms with Gasteiger partial charge in [-0.05, 0) is 49.5 Å². The van der Waals surface area contributed by atoms with Gasteiger partial charge in [0.2, 0.25) is 0 Å². The maximum absolute atomic E-state index is 11.6. The van der Waals surface area contributed by atoms with E-state index >= 15 is 0 Å². The Balaban J connectivity index is 1.68. The average Bonchev–Trinajstić information content (AvgIpc) is 2.87. The fourth-order valence-electron chi connectivity index (χ4n) is 2.15. The smallest absolute Gasteiger partial charge is 0.306 e. The first kappa shape index (κ1) is 13.4. The van der Waals surface area contributed by atoms with E-state index in [1.54, 1.807) is 6.07 Å². The van der Waals surface area contributed by atoms with Crippen LogP contribution in [0.25, 0.3) is 0 Å². The van der Waals surface area contributed by atoms with Gasteiger partial charge in [0, 0.05) is 11.4 Å². The summed E-state index contributed by atoms with van der Waals surface area (Å²) >= 11 is 5.86. The second-order valence-electron chi connectivity index (χ2n) is 4.69. The SMILES string of the molecule is O=C(CCC1CCNC1)OCc1cccc(Cl)c1. The minimum Gasteiger partial charge on any atom is -0.461 e. The predicted octanol–water partition coefficient (Wildman–Crippen LogP) is 2.77. The van der Waals surface area contributed by atoms with Crippen molar-refractivity contribution in [2.45, 2.75) is 25.9 Å². The summed E-state index contributed by atoms with van der Waals surface area (Å²) in [4.78, 5) is 11.6. The molecule has 1 aromatic rings. The molecule has 2 rings (SSSR count). The molecule has 0 radical (unpaired) electrons. The Kier molecular flexibility index (Phi) is 5.02. The van der Waals surface area contributed by atoms with Crippen LogP contribution in [-0.4, -0.2) is 19.1 Å². The van der Waals surface area contributed by atoms with Crippen molar-refractivity contribution in [3.8, 4) is 0 Å². The monoisotopic (exact) mass is 267 g/mol. The third kappa shape index (κ3) is 4.31. The van der Waals surface area contributed by atoms with Gasteiger partial charge in [0.15, 0.2) is 0 Å². The number of carbonyl (C=O) groups excluding carboxylic acids is 1. The van der Waals surface area contributed by atoms with E-state index in [1.807, 2.05) is 18.2 Å². The van der Waals surface area contributed by atoms with Gasteiger partial charge in [0.05, 0.1) is 0 Å². The quantitative estimate of drug-likeness (QED) is 0.834. The van der Waals surface area contributed by atoms with Crippen molar-refractivity contribution in [1.82, 2.24) is 5.32 Å². The highest BCUT2D eigenvalue weighted by Crippen LogP contribution is 2.15. The van der Waals surface area contributed by atoms with Gasteiger partial charge in [0.25, 0.3) is 0 Å². The van der Waals surface area contributed by atoms with Gasteiger partial charge in [0.1, 0.15) is 6.61 Å². The number of halogens is 1. The van der Waals surface area contributed by atoms with Crippen molar-refractivity contribution in [1.29, 1.82) is 0 Å². The molecule has 1 fully saturated rings. The standard InChI is InChI=1S/C14H18ClNO2/c15-13-3-1-2-12(8-13)10-18-14(17)5-4-11-6-7-16-9-11/h1-3,8,11,16H,4-7,9-10H2. The Morgan fingerprint density at radius 3 is 3.11 bits per heavy atom. The Labute approximate surface area is 112 Å². The molecule has 1 aliphatic rings. The van der Waals surface area contributed by atoms with Gasteiger partial charge in [-0.15, -0.1) is 0 Å². The maximum Gasteiger partial charge on any atom is 0.306 e. The largest absolute Gasteiger partial charge is 0.461 e. The number of esters is 1. The molecule has 1 heterocycles. The van der Waals surface area contributed by atoms with Crippen LogP contribution in [0.15, 0.2) is 24.3 Å². The van der Waals surface area contributed by atoms with Crippen LogP contribution in [0.5, 0.6) is 0 Å². The van der Waals surface area contributed by atoms with Gasteiger partial charge < -0.3 is 10.1 Å². The summed E-state index contributed by atoms with van der Waals surface area (Å²) < 4.78 is 5.22. The molecule has 0 aromatic heterocycles. The number of benzene rings is 1. The lowest BCUT2D eigenvalue weighted by molar-refractivity contribution is -0.145. The highest BCUT2D eigenvalue weighted by atomic mass is 35.5. The van der Waals surface area contributed by atoms with E-state index in [9.17, 15) is 4.79 Å². The van der Waals surface area contributed by atoms with Crippen LogP contribution in [-0.2, 0) is 16.1 Å². The zero-order valence-corrected chi connectivity index (χ0v) is 11.1. The molecule has 18 heavy (non-hydrogen) atoms. The molecule has 0 spiro atoms. The van der Waals surface area contributed by atoms with E-state index in [-0.39, 0.29) is 5.97 Å². The van der Waals surface area contributed by atoms with Gasteiger partial charge >= 0.3 is 5.97 Å². The van der Waals surface area contributed by atoms with E-state index in [2.05, 4.69) is 5.32 Å². The van der Waals surface area contributed by atoms with E-state index < -0.39 is 0 Å². The molecule has 1 atom stereocenters. The number of rotatable bonds is 5. The van der Waals surface area contributed by atoms with Crippen molar-refractivity contribution in [3.63, 3.8) is 0 Å². The number of carbonyl (C=O) groups is 1. The second kappa shape index (κ2) is 6.76. The van der Waals surface area contributed by atoms with Crippen molar-refractivity contribution in [2.75, 3.05) is 13.1 Å². The summed E-state index contributed by atoms with van der Waals surface area (Å²) in [6.07, 6.45) is 2.59. The molecule has 1 aliphatic heterocycles. The maximum atomic E-state index is 11.6. The molecule has 3 nitrogen and oxygen atoms in total. The molecular weight excluding hydrogens is 250 g/mol. The second-order valence-corrected chi connectivity index (χ2v) is 5.12. The summed E-state index contributed by atoms with van der Waals surface area (Å²) in [5.74, 6) is 0.505. The molecule has 98 valence electrons. The van der Waals surface area contributed by atoms with Crippen molar-refractivity contribution < 1.29 is 9.53 Å². The van der Waals surface area contributed by atoms with Crippen molar-refractivity contribution in [3.05, 3.63) is 34.9 Å². The van der Waals surface area contributed by atoms with Crippen LogP contribution >= 0.6 is 11.6 Å². The normalized spacial score (nSPS) is 18.8. The van der Waals surface area contributed by atoms with Crippen LogP contribution in [0.1, 0.15) is 24.8 Å². The number of ether oxygens (including phenoxy) is 1. The van der Waals surface area contributed by atoms with E-state index in [4.69, 9.17) is 16.3 Å². The summed E-state index contributed by atoms with van der Waals surface area (Å²) in [5, 5.41) is 3.96. The lowest BCUT2D eigenvalue weighted by atomic mass is 10.0. The van der Waals surface area contributed by atoms with Gasteiger partial charge in [-0.25, -0.2) is 0 Å². The average molecular weight is 268 g/mol. The first-order chi connectivity index (χ1) is 8.74. The zero-order chi connectivity index (χ0) is 12.8. The summed E-state index contributed by atoms with van der Waals surface area (Å²) in [5.41, 5.74) is 0.929. The molecule has 0 aliphatic carbocycles. The van der Waals surface area contributed by atoms with Crippen LogP contribution in [0.2, 0.25) is 5.02 Å². The van der Waals surface area contributed by atoms with E-state index in [0.29, 0.717) is 24.0 Å². The Morgan fingerprint density at radius 2 is 2.39 bits per heavy atom. The molecule has 0 saturated carbocycles. The molecular formula is C14H18ClNO2. The van der Waals surface area contributed by atoms with Crippen LogP contribution in [0.4, 0.5) is 0 Å². The lowest BCUT2D eigenvalue weighted by Gasteiger charge is -2.08. The molecule has 1 aromatic carbocycles. The molecule has 1 saturated heterocycles. The van der Waals surface area contributed by atoms with Gasteiger partial charge in [-0.2, -0.15) is 0 Å². The van der Waals surface area contributed by atoms with E-state index in [1.165, 1.54) is 6.42 Å². The zero-order valence-electron chi connectivity index (χ0n) is 10.3. The number of nitrogens with one attached hydrogen (secondary N) is 1. The fourth-order valence-corrected chi connectivity index (χ4v) is 2.36. The van der Waals surface area contributed by atoms with E-state index in [0.717, 1.165) is 25.1 Å². The molecule has 4 heteroatoms. The first-order valence-corrected chi connectivity index (χ1v) is 6.72. The number of hydrogen-bond donors (Lipinski definition) is 1. The van der Waals surface area contributed by atoms with Gasteiger partial charge in [-0.3, -0.25) is 4.79 Å². The van der Waals surface area contributed by atoms with Crippen LogP contribution < -0.4 is 5.32 Å². The Morgan fingerprint density at radius 1 is 1.50 bits per heavy atom. The minimum absolute atomic E-state index is 0.123. The molecule has 1 unspecified atom stereocenters. The first-order valence-electron chi connectivity index (χ1n) is 6.35. The lowest BCUT2D eigenvalue weighted by Crippen LogP contribution is -2.11. The summed E-state index contributed by atoms with van der Waals surface area (Å²) in [6.45, 7) is 2.41. The highest BCUT2D eigenvalue weighted by molar-refractivity contribution is 6.30. The molecule has 0 amide bonds. The predicted molar refractivity (Wildman–Crippen MR) is 71.5 cm³/mol. The van der Waals surface area contributed by atoms with Crippen molar-refractivity contribution >= 4 is 17.6 Å². The van der Waals surface area contributed by atoms with Crippen LogP contribution in [0.3, 0.4) is 0 Å². The van der Waals surface area contributed by atoms with Crippen LogP contribution in [0, 0.1) is 5.92 Å². The number of hydrogen-bond acceptors (Lipinski definition) is 3. The molecule has 1 N–H and O–H groups in total. The third-order valence-electron chi connectivity index (χ3n) is 3.21. The fraction of sp³-hybridized carbons (Fsp3) is 0.500.